The van der Waals surface area contributed by atoms with Crippen molar-refractivity contribution in [3.63, 3.8) is 0 Å². The highest BCUT2D eigenvalue weighted by molar-refractivity contribution is 6.05. The van der Waals surface area contributed by atoms with Crippen molar-refractivity contribution in [2.24, 2.45) is 5.92 Å². The van der Waals surface area contributed by atoms with Crippen molar-refractivity contribution in [1.82, 2.24) is 16.0 Å². The summed E-state index contributed by atoms with van der Waals surface area (Å²) >= 11 is 0. The summed E-state index contributed by atoms with van der Waals surface area (Å²) in [6, 6.07) is 6.85. The van der Waals surface area contributed by atoms with Crippen LogP contribution in [0.2, 0.25) is 0 Å². The summed E-state index contributed by atoms with van der Waals surface area (Å²) in [4.78, 5) is 35.0. The molecule has 25 heavy (non-hydrogen) atoms. The first-order valence-corrected chi connectivity index (χ1v) is 8.90. The first-order valence-electron chi connectivity index (χ1n) is 8.90. The summed E-state index contributed by atoms with van der Waals surface area (Å²) < 4.78 is 0. The van der Waals surface area contributed by atoms with Crippen LogP contribution in [0.5, 0.6) is 0 Å². The zero-order valence-corrected chi connectivity index (χ0v) is 15.1. The smallest absolute Gasteiger partial charge is 0.322 e. The molecule has 0 aromatic heterocycles. The van der Waals surface area contributed by atoms with Gasteiger partial charge < -0.3 is 10.6 Å². The molecule has 2 rings (SSSR count). The predicted molar refractivity (Wildman–Crippen MR) is 95.9 cm³/mol. The van der Waals surface area contributed by atoms with Crippen molar-refractivity contribution in [2.75, 3.05) is 0 Å². The molecular weight excluding hydrogens is 318 g/mol. The molecule has 0 saturated carbocycles. The van der Waals surface area contributed by atoms with Crippen molar-refractivity contribution in [3.05, 3.63) is 35.4 Å². The van der Waals surface area contributed by atoms with Gasteiger partial charge in [0.05, 0.1) is 12.5 Å². The maximum absolute atomic E-state index is 12.3. The number of aryl methyl sites for hydroxylation is 1. The van der Waals surface area contributed by atoms with Gasteiger partial charge in [-0.05, 0) is 29.9 Å². The van der Waals surface area contributed by atoms with Crippen LogP contribution in [-0.2, 0) is 16.0 Å². The lowest BCUT2D eigenvalue weighted by Gasteiger charge is -2.23. The second kappa shape index (κ2) is 8.65. The van der Waals surface area contributed by atoms with E-state index in [1.165, 1.54) is 12.0 Å². The number of benzene rings is 1. The molecule has 1 aromatic carbocycles. The van der Waals surface area contributed by atoms with Gasteiger partial charge in [-0.15, -0.1) is 0 Å². The van der Waals surface area contributed by atoms with Gasteiger partial charge in [0.1, 0.15) is 6.04 Å². The number of carbonyl (C=O) groups excluding carboxylic acids is 3. The quantitative estimate of drug-likeness (QED) is 0.632. The highest BCUT2D eigenvalue weighted by Crippen LogP contribution is 2.23. The van der Waals surface area contributed by atoms with E-state index in [-0.39, 0.29) is 24.3 Å². The van der Waals surface area contributed by atoms with Crippen LogP contribution in [0.15, 0.2) is 24.3 Å². The first-order chi connectivity index (χ1) is 11.9. The van der Waals surface area contributed by atoms with E-state index in [1.807, 2.05) is 13.8 Å². The van der Waals surface area contributed by atoms with Gasteiger partial charge in [-0.1, -0.05) is 51.5 Å². The van der Waals surface area contributed by atoms with Crippen LogP contribution in [0.25, 0.3) is 0 Å². The molecule has 136 valence electrons. The lowest BCUT2D eigenvalue weighted by molar-refractivity contribution is -0.127. The number of imide groups is 1. The van der Waals surface area contributed by atoms with E-state index in [4.69, 9.17) is 0 Å². The third kappa shape index (κ3) is 5.31. The fourth-order valence-electron chi connectivity index (χ4n) is 2.93. The summed E-state index contributed by atoms with van der Waals surface area (Å²) in [5.74, 6) is -0.505. The largest absolute Gasteiger partial charge is 0.349 e. The second-order valence-electron chi connectivity index (χ2n) is 6.85. The molecule has 4 amide bonds. The molecule has 1 aliphatic rings. The number of amides is 4. The summed E-state index contributed by atoms with van der Waals surface area (Å²) in [6.07, 6.45) is 3.33. The van der Waals surface area contributed by atoms with Crippen molar-refractivity contribution < 1.29 is 14.4 Å². The summed E-state index contributed by atoms with van der Waals surface area (Å²) in [5.41, 5.74) is 2.34. The van der Waals surface area contributed by atoms with Crippen LogP contribution in [0.3, 0.4) is 0 Å². The van der Waals surface area contributed by atoms with Gasteiger partial charge in [-0.25, -0.2) is 4.79 Å². The molecule has 2 atom stereocenters. The van der Waals surface area contributed by atoms with E-state index in [0.29, 0.717) is 0 Å². The highest BCUT2D eigenvalue weighted by Gasteiger charge is 2.32. The number of nitrogens with one attached hydrogen (secondary N) is 3. The van der Waals surface area contributed by atoms with E-state index in [9.17, 15) is 14.4 Å². The molecule has 3 N–H and O–H groups in total. The maximum atomic E-state index is 12.3. The van der Waals surface area contributed by atoms with E-state index < -0.39 is 18.0 Å². The average molecular weight is 345 g/mol. The van der Waals surface area contributed by atoms with Gasteiger partial charge >= 0.3 is 6.03 Å². The maximum Gasteiger partial charge on any atom is 0.322 e. The normalized spacial score (nSPS) is 18.0. The van der Waals surface area contributed by atoms with E-state index in [0.717, 1.165) is 18.4 Å². The summed E-state index contributed by atoms with van der Waals surface area (Å²) in [6.45, 7) is 6.26. The van der Waals surface area contributed by atoms with Crippen molar-refractivity contribution in [2.45, 2.75) is 58.5 Å². The zero-order chi connectivity index (χ0) is 18.4. The minimum Gasteiger partial charge on any atom is -0.349 e. The molecule has 1 saturated heterocycles. The zero-order valence-electron chi connectivity index (χ0n) is 15.1. The number of unbranched alkanes of at least 4 members (excludes halogenated alkanes) is 1. The SMILES string of the molecule is CCCCc1ccc([C@H](NC(=O)C[C@@H]2NC(=O)NC2=O)C(C)C)cc1. The van der Waals surface area contributed by atoms with Crippen molar-refractivity contribution >= 4 is 17.8 Å². The Morgan fingerprint density at radius 3 is 2.40 bits per heavy atom. The second-order valence-corrected chi connectivity index (χ2v) is 6.85. The number of carbonyl (C=O) groups is 3. The van der Waals surface area contributed by atoms with E-state index in [2.05, 4.69) is 47.1 Å². The predicted octanol–water partition coefficient (Wildman–Crippen LogP) is 2.44. The Balaban J connectivity index is 1.99. The highest BCUT2D eigenvalue weighted by atomic mass is 16.2. The Labute approximate surface area is 148 Å². The molecule has 0 bridgehead atoms. The topological polar surface area (TPSA) is 87.3 Å². The molecule has 1 fully saturated rings. The number of urea groups is 1. The Kier molecular flexibility index (Phi) is 6.56. The summed E-state index contributed by atoms with van der Waals surface area (Å²) in [7, 11) is 0. The minimum atomic E-state index is -0.795. The standard InChI is InChI=1S/C19H27N3O3/c1-4-5-6-13-7-9-14(10-8-13)17(12(2)3)21-16(23)11-15-18(24)22-19(25)20-15/h7-10,12,15,17H,4-6,11H2,1-3H3,(H,21,23)(H2,20,22,24,25)/t15-,17+/m0/s1. The Morgan fingerprint density at radius 1 is 1.20 bits per heavy atom. The number of hydrogen-bond donors (Lipinski definition) is 3. The Bertz CT molecular complexity index is 625. The molecule has 1 aromatic rings. The van der Waals surface area contributed by atoms with Crippen LogP contribution in [0.1, 0.15) is 57.2 Å². The molecule has 6 heteroatoms. The van der Waals surface area contributed by atoms with Crippen molar-refractivity contribution in [1.29, 1.82) is 0 Å². The van der Waals surface area contributed by atoms with Gasteiger partial charge in [0.25, 0.3) is 5.91 Å². The minimum absolute atomic E-state index is 0.0601. The molecule has 0 radical (unpaired) electrons. The van der Waals surface area contributed by atoms with Crippen molar-refractivity contribution in [3.8, 4) is 0 Å². The lowest BCUT2D eigenvalue weighted by atomic mass is 9.94. The monoisotopic (exact) mass is 345 g/mol. The third-order valence-electron chi connectivity index (χ3n) is 4.39. The van der Waals surface area contributed by atoms with Crippen LogP contribution in [0, 0.1) is 5.92 Å². The fraction of sp³-hybridized carbons (Fsp3) is 0.526. The summed E-state index contributed by atoms with van der Waals surface area (Å²) in [5, 5.41) is 7.56. The van der Waals surface area contributed by atoms with Gasteiger partial charge in [-0.2, -0.15) is 0 Å². The van der Waals surface area contributed by atoms with Gasteiger partial charge in [0.15, 0.2) is 0 Å². The lowest BCUT2D eigenvalue weighted by Crippen LogP contribution is -2.38. The molecular formula is C19H27N3O3. The third-order valence-corrected chi connectivity index (χ3v) is 4.39. The van der Waals surface area contributed by atoms with E-state index in [1.54, 1.807) is 0 Å². The van der Waals surface area contributed by atoms with Crippen LogP contribution < -0.4 is 16.0 Å². The van der Waals surface area contributed by atoms with Gasteiger partial charge in [0.2, 0.25) is 5.91 Å². The van der Waals surface area contributed by atoms with Crippen LogP contribution in [-0.4, -0.2) is 23.9 Å². The van der Waals surface area contributed by atoms with Crippen LogP contribution in [0.4, 0.5) is 4.79 Å². The fourth-order valence-corrected chi connectivity index (χ4v) is 2.93. The van der Waals surface area contributed by atoms with E-state index >= 15 is 0 Å². The molecule has 0 spiro atoms. The Morgan fingerprint density at radius 2 is 1.88 bits per heavy atom. The molecule has 1 heterocycles. The molecule has 0 unspecified atom stereocenters. The first kappa shape index (κ1) is 19.0. The molecule has 6 nitrogen and oxygen atoms in total. The Hall–Kier alpha value is -2.37. The number of hydrogen-bond acceptors (Lipinski definition) is 3. The number of rotatable bonds is 8. The molecule has 0 aliphatic carbocycles. The van der Waals surface area contributed by atoms with Gasteiger partial charge in [-0.3, -0.25) is 14.9 Å². The van der Waals surface area contributed by atoms with Gasteiger partial charge in [0, 0.05) is 0 Å². The van der Waals surface area contributed by atoms with Crippen LogP contribution >= 0.6 is 0 Å². The molecule has 1 aliphatic heterocycles. The average Bonchev–Trinajstić information content (AvgIpc) is 2.88.